The number of carbonyl (C=O) groups is 1. The third-order valence-electron chi connectivity index (χ3n) is 4.88. The van der Waals surface area contributed by atoms with E-state index < -0.39 is 15.7 Å². The fraction of sp³-hybridized carbons (Fsp3) is 0.381. The highest BCUT2D eigenvalue weighted by Gasteiger charge is 2.34. The van der Waals surface area contributed by atoms with E-state index in [4.69, 9.17) is 4.74 Å². The molecule has 156 valence electrons. The fourth-order valence-electron chi connectivity index (χ4n) is 3.31. The summed E-state index contributed by atoms with van der Waals surface area (Å²) in [6.07, 6.45) is 2.05. The van der Waals surface area contributed by atoms with E-state index in [1.54, 1.807) is 29.2 Å². The Hall–Kier alpha value is -1.93. The SMILES string of the molecule is CCCCN(C(=O)c1ccc(Oc2ccc(Br)cc2)c(F)c1)C1CCS(=O)(=O)C1. The minimum Gasteiger partial charge on any atom is -0.454 e. The zero-order valence-electron chi connectivity index (χ0n) is 16.1. The van der Waals surface area contributed by atoms with Crippen LogP contribution in [0.25, 0.3) is 0 Å². The lowest BCUT2D eigenvalue weighted by molar-refractivity contribution is 0.0693. The lowest BCUT2D eigenvalue weighted by Crippen LogP contribution is -2.41. The molecule has 2 aromatic carbocycles. The van der Waals surface area contributed by atoms with Gasteiger partial charge in [-0.3, -0.25) is 4.79 Å². The molecule has 5 nitrogen and oxygen atoms in total. The van der Waals surface area contributed by atoms with Gasteiger partial charge in [-0.05, 0) is 55.3 Å². The average molecular weight is 484 g/mol. The molecular formula is C21H23BrFNO4S. The molecule has 0 N–H and O–H groups in total. The minimum absolute atomic E-state index is 0.0208. The van der Waals surface area contributed by atoms with E-state index in [9.17, 15) is 17.6 Å². The monoisotopic (exact) mass is 483 g/mol. The van der Waals surface area contributed by atoms with Crippen molar-refractivity contribution in [1.29, 1.82) is 0 Å². The van der Waals surface area contributed by atoms with Crippen LogP contribution in [0.5, 0.6) is 11.5 Å². The second kappa shape index (κ2) is 9.26. The Morgan fingerprint density at radius 2 is 1.97 bits per heavy atom. The fourth-order valence-corrected chi connectivity index (χ4v) is 5.31. The Labute approximate surface area is 178 Å². The van der Waals surface area contributed by atoms with E-state index in [1.165, 1.54) is 12.1 Å². The number of nitrogens with zero attached hydrogens (tertiary/aromatic N) is 1. The molecule has 0 spiro atoms. The number of rotatable bonds is 7. The molecule has 0 aromatic heterocycles. The van der Waals surface area contributed by atoms with Gasteiger partial charge in [0.15, 0.2) is 21.4 Å². The molecule has 29 heavy (non-hydrogen) atoms. The molecular weight excluding hydrogens is 461 g/mol. The van der Waals surface area contributed by atoms with Crippen molar-refractivity contribution in [2.45, 2.75) is 32.2 Å². The van der Waals surface area contributed by atoms with Crippen LogP contribution in [-0.4, -0.2) is 43.3 Å². The van der Waals surface area contributed by atoms with Gasteiger partial charge in [0.25, 0.3) is 5.91 Å². The van der Waals surface area contributed by atoms with Gasteiger partial charge in [-0.1, -0.05) is 29.3 Å². The van der Waals surface area contributed by atoms with Gasteiger partial charge in [0.1, 0.15) is 5.75 Å². The Kier molecular flexibility index (Phi) is 6.95. The van der Waals surface area contributed by atoms with Crippen molar-refractivity contribution in [2.75, 3.05) is 18.1 Å². The largest absolute Gasteiger partial charge is 0.454 e. The number of amides is 1. The number of unbranched alkanes of at least 4 members (excludes halogenated alkanes) is 1. The number of carbonyl (C=O) groups excluding carboxylic acids is 1. The summed E-state index contributed by atoms with van der Waals surface area (Å²) in [6.45, 7) is 2.45. The molecule has 0 radical (unpaired) electrons. The van der Waals surface area contributed by atoms with E-state index in [0.717, 1.165) is 23.4 Å². The molecule has 0 saturated carbocycles. The first-order valence-corrected chi connectivity index (χ1v) is 12.1. The van der Waals surface area contributed by atoms with Crippen LogP contribution in [0.3, 0.4) is 0 Å². The number of sulfone groups is 1. The first-order valence-electron chi connectivity index (χ1n) is 9.53. The van der Waals surface area contributed by atoms with Crippen molar-refractivity contribution in [2.24, 2.45) is 0 Å². The third-order valence-corrected chi connectivity index (χ3v) is 7.16. The molecule has 1 heterocycles. The molecule has 1 atom stereocenters. The molecule has 0 aliphatic carbocycles. The van der Waals surface area contributed by atoms with Crippen LogP contribution in [0.15, 0.2) is 46.9 Å². The van der Waals surface area contributed by atoms with Crippen LogP contribution in [0.2, 0.25) is 0 Å². The van der Waals surface area contributed by atoms with Crippen molar-refractivity contribution >= 4 is 31.7 Å². The maximum atomic E-state index is 14.6. The van der Waals surface area contributed by atoms with Gasteiger partial charge >= 0.3 is 0 Å². The van der Waals surface area contributed by atoms with Crippen molar-refractivity contribution in [1.82, 2.24) is 4.90 Å². The first kappa shape index (κ1) is 21.8. The Morgan fingerprint density at radius 1 is 1.24 bits per heavy atom. The number of benzene rings is 2. The van der Waals surface area contributed by atoms with Crippen molar-refractivity contribution < 1.29 is 22.3 Å². The summed E-state index contributed by atoms with van der Waals surface area (Å²) in [6, 6.07) is 10.7. The van der Waals surface area contributed by atoms with Gasteiger partial charge in [0, 0.05) is 22.6 Å². The number of hydrogen-bond donors (Lipinski definition) is 0. The zero-order chi connectivity index (χ0) is 21.0. The molecule has 1 fully saturated rings. The summed E-state index contributed by atoms with van der Waals surface area (Å²) in [4.78, 5) is 14.6. The highest BCUT2D eigenvalue weighted by atomic mass is 79.9. The van der Waals surface area contributed by atoms with Gasteiger partial charge in [-0.15, -0.1) is 0 Å². The van der Waals surface area contributed by atoms with E-state index >= 15 is 0 Å². The predicted molar refractivity (Wildman–Crippen MR) is 114 cm³/mol. The molecule has 1 amide bonds. The summed E-state index contributed by atoms with van der Waals surface area (Å²) in [7, 11) is -3.13. The molecule has 1 unspecified atom stereocenters. The van der Waals surface area contributed by atoms with Gasteiger partial charge < -0.3 is 9.64 Å². The maximum absolute atomic E-state index is 14.6. The van der Waals surface area contributed by atoms with Gasteiger partial charge in [-0.2, -0.15) is 0 Å². The predicted octanol–water partition coefficient (Wildman–Crippen LogP) is 4.81. The average Bonchev–Trinajstić information content (AvgIpc) is 3.04. The summed E-state index contributed by atoms with van der Waals surface area (Å²) in [5, 5.41) is 0. The molecule has 8 heteroatoms. The van der Waals surface area contributed by atoms with Crippen molar-refractivity contribution in [3.8, 4) is 11.5 Å². The summed E-state index contributed by atoms with van der Waals surface area (Å²) in [5.74, 6) is -0.445. The van der Waals surface area contributed by atoms with Gasteiger partial charge in [-0.25, -0.2) is 12.8 Å². The second-order valence-corrected chi connectivity index (χ2v) is 10.3. The smallest absolute Gasteiger partial charge is 0.254 e. The van der Waals surface area contributed by atoms with Crippen LogP contribution in [0, 0.1) is 5.82 Å². The van der Waals surface area contributed by atoms with Gasteiger partial charge in [0.05, 0.1) is 11.5 Å². The van der Waals surface area contributed by atoms with E-state index in [1.807, 2.05) is 6.92 Å². The van der Waals surface area contributed by atoms with Crippen LogP contribution < -0.4 is 4.74 Å². The Morgan fingerprint density at radius 3 is 2.55 bits per heavy atom. The molecule has 0 bridgehead atoms. The van der Waals surface area contributed by atoms with E-state index in [-0.39, 0.29) is 34.8 Å². The molecule has 1 aliphatic heterocycles. The first-order chi connectivity index (χ1) is 13.8. The molecule has 2 aromatic rings. The quantitative estimate of drug-likeness (QED) is 0.566. The maximum Gasteiger partial charge on any atom is 0.254 e. The number of ether oxygens (including phenoxy) is 1. The van der Waals surface area contributed by atoms with Crippen LogP contribution in [-0.2, 0) is 9.84 Å². The molecule has 1 saturated heterocycles. The van der Waals surface area contributed by atoms with E-state index in [0.29, 0.717) is 18.7 Å². The second-order valence-electron chi connectivity index (χ2n) is 7.11. The topological polar surface area (TPSA) is 63.7 Å². The highest BCUT2D eigenvalue weighted by Crippen LogP contribution is 2.28. The standard InChI is InChI=1S/C21H23BrFNO4S/c1-2-3-11-24(17-10-12-29(26,27)14-17)21(25)15-4-9-20(19(23)13-15)28-18-7-5-16(22)6-8-18/h4-9,13,17H,2-3,10-12,14H2,1H3. The summed E-state index contributed by atoms with van der Waals surface area (Å²) >= 11 is 3.33. The Balaban J connectivity index is 1.79. The van der Waals surface area contributed by atoms with Crippen LogP contribution >= 0.6 is 15.9 Å². The van der Waals surface area contributed by atoms with Crippen molar-refractivity contribution in [3.63, 3.8) is 0 Å². The third kappa shape index (κ3) is 5.57. The number of halogens is 2. The van der Waals surface area contributed by atoms with Crippen LogP contribution in [0.4, 0.5) is 4.39 Å². The van der Waals surface area contributed by atoms with Crippen molar-refractivity contribution in [3.05, 3.63) is 58.3 Å². The zero-order valence-corrected chi connectivity index (χ0v) is 18.5. The minimum atomic E-state index is -3.13. The number of hydrogen-bond acceptors (Lipinski definition) is 4. The van der Waals surface area contributed by atoms with Gasteiger partial charge in [0.2, 0.25) is 0 Å². The lowest BCUT2D eigenvalue weighted by atomic mass is 10.1. The van der Waals surface area contributed by atoms with Crippen LogP contribution in [0.1, 0.15) is 36.5 Å². The summed E-state index contributed by atoms with van der Waals surface area (Å²) in [5.41, 5.74) is 0.186. The lowest BCUT2D eigenvalue weighted by Gasteiger charge is -2.28. The molecule has 1 aliphatic rings. The Bertz CT molecular complexity index is 979. The molecule has 3 rings (SSSR count). The highest BCUT2D eigenvalue weighted by molar-refractivity contribution is 9.10. The van der Waals surface area contributed by atoms with E-state index in [2.05, 4.69) is 15.9 Å². The summed E-state index contributed by atoms with van der Waals surface area (Å²) < 4.78 is 44.7. The normalized spacial score (nSPS) is 17.8.